The molecule has 0 saturated heterocycles. The number of rotatable bonds is 7. The third kappa shape index (κ3) is 5.22. The standard InChI is InChI=1S/C13H19BrN2O2S/c1-10(11-3-2-4-12(14)9-11)16-19(17,18)8-7-15-13-5-6-13/h2-4,9-10,13,15-16H,5-8H2,1H3. The minimum Gasteiger partial charge on any atom is -0.313 e. The Kier molecular flexibility index (Phi) is 5.00. The molecule has 6 heteroatoms. The molecule has 0 aliphatic heterocycles. The second-order valence-corrected chi connectivity index (χ2v) is 7.73. The first-order valence-corrected chi connectivity index (χ1v) is 8.90. The molecule has 0 amide bonds. The average Bonchev–Trinajstić information content (AvgIpc) is 3.12. The summed E-state index contributed by atoms with van der Waals surface area (Å²) in [5.41, 5.74) is 0.952. The van der Waals surface area contributed by atoms with Crippen LogP contribution in [0.15, 0.2) is 28.7 Å². The van der Waals surface area contributed by atoms with E-state index in [1.807, 2.05) is 31.2 Å². The largest absolute Gasteiger partial charge is 0.313 e. The van der Waals surface area contributed by atoms with Crippen LogP contribution in [-0.4, -0.2) is 26.8 Å². The van der Waals surface area contributed by atoms with Crippen LogP contribution in [0.2, 0.25) is 0 Å². The SMILES string of the molecule is CC(NS(=O)(=O)CCNC1CC1)c1cccc(Br)c1. The summed E-state index contributed by atoms with van der Waals surface area (Å²) in [6.45, 7) is 2.37. The van der Waals surface area contributed by atoms with E-state index in [9.17, 15) is 8.42 Å². The van der Waals surface area contributed by atoms with Crippen molar-refractivity contribution in [3.63, 3.8) is 0 Å². The Morgan fingerprint density at radius 3 is 2.79 bits per heavy atom. The zero-order chi connectivity index (χ0) is 13.9. The number of hydrogen-bond acceptors (Lipinski definition) is 3. The summed E-state index contributed by atoms with van der Waals surface area (Å²) in [5.74, 6) is 0.127. The van der Waals surface area contributed by atoms with Gasteiger partial charge in [0.25, 0.3) is 0 Å². The second kappa shape index (κ2) is 6.35. The first-order valence-electron chi connectivity index (χ1n) is 6.45. The summed E-state index contributed by atoms with van der Waals surface area (Å²) < 4.78 is 27.5. The van der Waals surface area contributed by atoms with Crippen molar-refractivity contribution in [2.75, 3.05) is 12.3 Å². The molecule has 1 aliphatic carbocycles. The fourth-order valence-corrected chi connectivity index (χ4v) is 3.45. The lowest BCUT2D eigenvalue weighted by molar-refractivity contribution is 0.562. The molecule has 1 fully saturated rings. The smallest absolute Gasteiger partial charge is 0.213 e. The van der Waals surface area contributed by atoms with Crippen LogP contribution < -0.4 is 10.0 Å². The second-order valence-electron chi connectivity index (χ2n) is 4.94. The molecule has 1 saturated carbocycles. The van der Waals surface area contributed by atoms with Crippen LogP contribution >= 0.6 is 15.9 Å². The van der Waals surface area contributed by atoms with Crippen molar-refractivity contribution in [2.45, 2.75) is 31.8 Å². The fourth-order valence-electron chi connectivity index (χ4n) is 1.86. The van der Waals surface area contributed by atoms with Crippen molar-refractivity contribution >= 4 is 26.0 Å². The van der Waals surface area contributed by atoms with Gasteiger partial charge in [-0.15, -0.1) is 0 Å². The average molecular weight is 347 g/mol. The van der Waals surface area contributed by atoms with Gasteiger partial charge in [-0.3, -0.25) is 0 Å². The predicted octanol–water partition coefficient (Wildman–Crippen LogP) is 2.18. The highest BCUT2D eigenvalue weighted by Gasteiger charge is 2.22. The first kappa shape index (κ1) is 15.0. The molecule has 19 heavy (non-hydrogen) atoms. The fraction of sp³-hybridized carbons (Fsp3) is 0.538. The van der Waals surface area contributed by atoms with Crippen LogP contribution in [-0.2, 0) is 10.0 Å². The molecule has 0 radical (unpaired) electrons. The van der Waals surface area contributed by atoms with Gasteiger partial charge >= 0.3 is 0 Å². The van der Waals surface area contributed by atoms with E-state index < -0.39 is 10.0 Å². The van der Waals surface area contributed by atoms with Gasteiger partial charge in [0, 0.05) is 23.1 Å². The van der Waals surface area contributed by atoms with Crippen LogP contribution in [0.5, 0.6) is 0 Å². The molecule has 2 rings (SSSR count). The van der Waals surface area contributed by atoms with Gasteiger partial charge in [-0.1, -0.05) is 28.1 Å². The molecular formula is C13H19BrN2O2S. The molecule has 1 aromatic rings. The lowest BCUT2D eigenvalue weighted by Crippen LogP contribution is -2.34. The molecular weight excluding hydrogens is 328 g/mol. The van der Waals surface area contributed by atoms with E-state index in [2.05, 4.69) is 26.0 Å². The van der Waals surface area contributed by atoms with Gasteiger partial charge in [0.15, 0.2) is 0 Å². The Hall–Kier alpha value is -0.430. The van der Waals surface area contributed by atoms with Gasteiger partial charge in [-0.05, 0) is 37.5 Å². The van der Waals surface area contributed by atoms with Crippen molar-refractivity contribution in [3.05, 3.63) is 34.3 Å². The number of sulfonamides is 1. The van der Waals surface area contributed by atoms with E-state index in [-0.39, 0.29) is 11.8 Å². The van der Waals surface area contributed by atoms with Gasteiger partial charge < -0.3 is 5.32 Å². The number of benzene rings is 1. The third-order valence-electron chi connectivity index (χ3n) is 3.09. The molecule has 1 aliphatic rings. The molecule has 4 nitrogen and oxygen atoms in total. The quantitative estimate of drug-likeness (QED) is 0.795. The Bertz CT molecular complexity index is 529. The predicted molar refractivity (Wildman–Crippen MR) is 80.5 cm³/mol. The summed E-state index contributed by atoms with van der Waals surface area (Å²) >= 11 is 3.39. The van der Waals surface area contributed by atoms with Gasteiger partial charge in [0.2, 0.25) is 10.0 Å². The minimum atomic E-state index is -3.24. The molecule has 0 spiro atoms. The monoisotopic (exact) mass is 346 g/mol. The van der Waals surface area contributed by atoms with Crippen molar-refractivity contribution in [3.8, 4) is 0 Å². The van der Waals surface area contributed by atoms with Crippen molar-refractivity contribution < 1.29 is 8.42 Å². The van der Waals surface area contributed by atoms with E-state index in [0.717, 1.165) is 10.0 Å². The molecule has 2 N–H and O–H groups in total. The summed E-state index contributed by atoms with van der Waals surface area (Å²) in [6, 6.07) is 7.99. The van der Waals surface area contributed by atoms with Gasteiger partial charge in [0.1, 0.15) is 0 Å². The number of halogens is 1. The lowest BCUT2D eigenvalue weighted by Gasteiger charge is -2.15. The molecule has 106 valence electrons. The highest BCUT2D eigenvalue weighted by Crippen LogP contribution is 2.19. The van der Waals surface area contributed by atoms with E-state index in [4.69, 9.17) is 0 Å². The van der Waals surface area contributed by atoms with E-state index >= 15 is 0 Å². The molecule has 0 aromatic heterocycles. The maximum atomic E-state index is 11.9. The van der Waals surface area contributed by atoms with Crippen LogP contribution in [0.25, 0.3) is 0 Å². The highest BCUT2D eigenvalue weighted by molar-refractivity contribution is 9.10. The maximum Gasteiger partial charge on any atom is 0.213 e. The normalized spacial score (nSPS) is 17.4. The van der Waals surface area contributed by atoms with Gasteiger partial charge in [-0.2, -0.15) is 0 Å². The van der Waals surface area contributed by atoms with Gasteiger partial charge in [-0.25, -0.2) is 13.1 Å². The Labute approximate surface area is 123 Å². The topological polar surface area (TPSA) is 58.2 Å². The first-order chi connectivity index (χ1) is 8.96. The lowest BCUT2D eigenvalue weighted by atomic mass is 10.1. The van der Waals surface area contributed by atoms with E-state index in [1.54, 1.807) is 0 Å². The van der Waals surface area contributed by atoms with Gasteiger partial charge in [0.05, 0.1) is 5.75 Å². The molecule has 1 atom stereocenters. The van der Waals surface area contributed by atoms with Crippen LogP contribution in [0.4, 0.5) is 0 Å². The maximum absolute atomic E-state index is 11.9. The zero-order valence-electron chi connectivity index (χ0n) is 10.9. The number of nitrogens with one attached hydrogen (secondary N) is 2. The van der Waals surface area contributed by atoms with E-state index in [1.165, 1.54) is 12.8 Å². The Morgan fingerprint density at radius 2 is 2.16 bits per heavy atom. The van der Waals surface area contributed by atoms with Crippen LogP contribution in [0.1, 0.15) is 31.4 Å². The zero-order valence-corrected chi connectivity index (χ0v) is 13.3. The molecule has 0 bridgehead atoms. The third-order valence-corrected chi connectivity index (χ3v) is 5.03. The van der Waals surface area contributed by atoms with Crippen molar-refractivity contribution in [2.24, 2.45) is 0 Å². The Morgan fingerprint density at radius 1 is 1.42 bits per heavy atom. The van der Waals surface area contributed by atoms with E-state index in [0.29, 0.717) is 12.6 Å². The molecule has 1 unspecified atom stereocenters. The number of hydrogen-bond donors (Lipinski definition) is 2. The van der Waals surface area contributed by atoms with Crippen molar-refractivity contribution in [1.82, 2.24) is 10.0 Å². The van der Waals surface area contributed by atoms with Crippen molar-refractivity contribution in [1.29, 1.82) is 0 Å². The highest BCUT2D eigenvalue weighted by atomic mass is 79.9. The van der Waals surface area contributed by atoms with Crippen LogP contribution in [0, 0.1) is 0 Å². The minimum absolute atomic E-state index is 0.127. The molecule has 1 aromatic carbocycles. The summed E-state index contributed by atoms with van der Waals surface area (Å²) in [7, 11) is -3.24. The molecule has 0 heterocycles. The van der Waals surface area contributed by atoms with Crippen LogP contribution in [0.3, 0.4) is 0 Å². The Balaban J connectivity index is 1.87. The summed E-state index contributed by atoms with van der Waals surface area (Å²) in [5, 5.41) is 3.21. The summed E-state index contributed by atoms with van der Waals surface area (Å²) in [4.78, 5) is 0. The summed E-state index contributed by atoms with van der Waals surface area (Å²) in [6.07, 6.45) is 2.34.